The molecule has 3 rings (SSSR count). The van der Waals surface area contributed by atoms with E-state index in [1.807, 2.05) is 25.4 Å². The Morgan fingerprint density at radius 1 is 1.38 bits per heavy atom. The highest BCUT2D eigenvalue weighted by molar-refractivity contribution is 7.71. The van der Waals surface area contributed by atoms with Gasteiger partial charge in [-0.15, -0.1) is 0 Å². The van der Waals surface area contributed by atoms with Crippen molar-refractivity contribution in [3.63, 3.8) is 0 Å². The first-order valence-electron chi connectivity index (χ1n) is 7.18. The van der Waals surface area contributed by atoms with E-state index in [2.05, 4.69) is 15.5 Å². The van der Waals surface area contributed by atoms with Crippen LogP contribution >= 0.6 is 12.2 Å². The van der Waals surface area contributed by atoms with Crippen molar-refractivity contribution < 1.29 is 9.90 Å². The molecule has 2 heterocycles. The van der Waals surface area contributed by atoms with Crippen molar-refractivity contribution in [3.05, 3.63) is 64.7 Å². The molecule has 0 bridgehead atoms. The Kier molecular flexibility index (Phi) is 4.39. The number of benzene rings is 1. The van der Waals surface area contributed by atoms with Gasteiger partial charge in [0.15, 0.2) is 0 Å². The van der Waals surface area contributed by atoms with Crippen LogP contribution in [0.2, 0.25) is 0 Å². The standard InChI is InChI=1S/C16H15N5O2S/c1-20-10-13(9-17-20)21-6-5-15(24)14(19-21)8-11-3-2-4-12(7-11)18-16(22)23/h2-7,9-10,18H,8H2,1H3,(H,22,23). The van der Waals surface area contributed by atoms with Crippen LogP contribution in [0.25, 0.3) is 5.69 Å². The summed E-state index contributed by atoms with van der Waals surface area (Å²) in [6, 6.07) is 8.99. The molecule has 0 aliphatic rings. The quantitative estimate of drug-likeness (QED) is 0.713. The summed E-state index contributed by atoms with van der Waals surface area (Å²) in [7, 11) is 1.84. The van der Waals surface area contributed by atoms with Crippen molar-refractivity contribution in [3.8, 4) is 5.69 Å². The number of nitrogens with one attached hydrogen (secondary N) is 1. The molecule has 0 spiro atoms. The molecule has 3 aromatic rings. The molecular weight excluding hydrogens is 326 g/mol. The Morgan fingerprint density at radius 2 is 2.21 bits per heavy atom. The molecule has 24 heavy (non-hydrogen) atoms. The second-order valence-electron chi connectivity index (χ2n) is 5.25. The number of carboxylic acid groups (broad SMARTS) is 1. The summed E-state index contributed by atoms with van der Waals surface area (Å²) in [6.07, 6.45) is 4.79. The third-order valence-corrected chi connectivity index (χ3v) is 3.76. The van der Waals surface area contributed by atoms with E-state index in [0.29, 0.717) is 16.6 Å². The second-order valence-corrected chi connectivity index (χ2v) is 5.69. The zero-order valence-electron chi connectivity index (χ0n) is 12.9. The summed E-state index contributed by atoms with van der Waals surface area (Å²) in [4.78, 5) is 10.7. The van der Waals surface area contributed by atoms with E-state index in [-0.39, 0.29) is 0 Å². The third kappa shape index (κ3) is 3.66. The van der Waals surface area contributed by atoms with Crippen molar-refractivity contribution in [2.24, 2.45) is 7.05 Å². The van der Waals surface area contributed by atoms with Crippen LogP contribution in [0.15, 0.2) is 48.9 Å². The molecule has 0 radical (unpaired) electrons. The molecular formula is C16H15N5O2S. The molecule has 7 nitrogen and oxygen atoms in total. The van der Waals surface area contributed by atoms with Gasteiger partial charge in [0.1, 0.15) is 5.69 Å². The maximum atomic E-state index is 10.7. The smallest absolute Gasteiger partial charge is 0.409 e. The van der Waals surface area contributed by atoms with Gasteiger partial charge in [-0.2, -0.15) is 10.2 Å². The van der Waals surface area contributed by atoms with E-state index >= 15 is 0 Å². The van der Waals surface area contributed by atoms with Crippen LogP contribution < -0.4 is 5.32 Å². The maximum Gasteiger partial charge on any atom is 0.409 e. The zero-order valence-corrected chi connectivity index (χ0v) is 13.7. The minimum Gasteiger partial charge on any atom is -0.465 e. The minimum atomic E-state index is -1.09. The van der Waals surface area contributed by atoms with Crippen LogP contribution in [0, 0.1) is 4.51 Å². The maximum absolute atomic E-state index is 10.7. The van der Waals surface area contributed by atoms with Gasteiger partial charge in [-0.3, -0.25) is 10.00 Å². The highest BCUT2D eigenvalue weighted by Crippen LogP contribution is 2.15. The number of carbonyl (C=O) groups is 1. The van der Waals surface area contributed by atoms with Gasteiger partial charge in [-0.25, -0.2) is 9.48 Å². The van der Waals surface area contributed by atoms with E-state index in [9.17, 15) is 4.79 Å². The van der Waals surface area contributed by atoms with E-state index < -0.39 is 6.09 Å². The summed E-state index contributed by atoms with van der Waals surface area (Å²) >= 11 is 5.36. The average Bonchev–Trinajstić information content (AvgIpc) is 2.96. The molecule has 0 atom stereocenters. The Morgan fingerprint density at radius 3 is 2.92 bits per heavy atom. The van der Waals surface area contributed by atoms with Crippen LogP contribution in [0.3, 0.4) is 0 Å². The van der Waals surface area contributed by atoms with Crippen LogP contribution in [0.4, 0.5) is 10.5 Å². The van der Waals surface area contributed by atoms with Crippen molar-refractivity contribution >= 4 is 24.0 Å². The lowest BCUT2D eigenvalue weighted by Gasteiger charge is -2.08. The lowest BCUT2D eigenvalue weighted by atomic mass is 10.1. The molecule has 2 N–H and O–H groups in total. The van der Waals surface area contributed by atoms with Crippen molar-refractivity contribution in [1.29, 1.82) is 0 Å². The number of amides is 1. The van der Waals surface area contributed by atoms with Crippen molar-refractivity contribution in [2.75, 3.05) is 5.32 Å². The van der Waals surface area contributed by atoms with Gasteiger partial charge in [0.05, 0.1) is 22.6 Å². The minimum absolute atomic E-state index is 0.509. The van der Waals surface area contributed by atoms with Gasteiger partial charge in [0.2, 0.25) is 0 Å². The van der Waals surface area contributed by atoms with Gasteiger partial charge in [-0.1, -0.05) is 24.4 Å². The molecule has 0 saturated heterocycles. The number of hydrogen-bond donors (Lipinski definition) is 2. The molecule has 1 aromatic carbocycles. The summed E-state index contributed by atoms with van der Waals surface area (Å²) < 4.78 is 4.08. The first-order chi connectivity index (χ1) is 11.5. The summed E-state index contributed by atoms with van der Waals surface area (Å²) in [5.74, 6) is 0. The predicted octanol–water partition coefficient (Wildman–Crippen LogP) is 3.02. The number of aromatic nitrogens is 4. The third-order valence-electron chi connectivity index (χ3n) is 3.39. The van der Waals surface area contributed by atoms with E-state index in [1.165, 1.54) is 0 Å². The predicted molar refractivity (Wildman–Crippen MR) is 92.1 cm³/mol. The van der Waals surface area contributed by atoms with Crippen LogP contribution in [0.1, 0.15) is 11.3 Å². The monoisotopic (exact) mass is 341 g/mol. The molecule has 1 amide bonds. The average molecular weight is 341 g/mol. The molecule has 122 valence electrons. The number of aryl methyl sites for hydroxylation is 1. The van der Waals surface area contributed by atoms with Gasteiger partial charge < -0.3 is 5.11 Å². The van der Waals surface area contributed by atoms with Gasteiger partial charge in [-0.05, 0) is 23.8 Å². The molecule has 0 saturated carbocycles. The van der Waals surface area contributed by atoms with E-state index in [1.54, 1.807) is 40.0 Å². The first kappa shape index (κ1) is 15.9. The number of rotatable bonds is 4. The Hall–Kier alpha value is -3.00. The van der Waals surface area contributed by atoms with Gasteiger partial charge in [0, 0.05) is 25.4 Å². The lowest BCUT2D eigenvalue weighted by molar-refractivity contribution is 0.210. The number of anilines is 1. The van der Waals surface area contributed by atoms with Crippen LogP contribution in [-0.2, 0) is 13.5 Å². The number of nitrogens with zero attached hydrogens (tertiary/aromatic N) is 4. The van der Waals surface area contributed by atoms with Crippen molar-refractivity contribution in [1.82, 2.24) is 19.6 Å². The largest absolute Gasteiger partial charge is 0.465 e. The fraction of sp³-hybridized carbons (Fsp3) is 0.125. The fourth-order valence-corrected chi connectivity index (χ4v) is 2.49. The lowest BCUT2D eigenvalue weighted by Crippen LogP contribution is -2.08. The molecule has 8 heteroatoms. The fourth-order valence-electron chi connectivity index (χ4n) is 2.32. The number of hydrogen-bond acceptors (Lipinski definition) is 4. The molecule has 0 unspecified atom stereocenters. The first-order valence-corrected chi connectivity index (χ1v) is 7.59. The Bertz CT molecular complexity index is 947. The second kappa shape index (κ2) is 6.63. The SMILES string of the molecule is Cn1cc(-n2ccc(=S)c(Cc3cccc(NC(=O)O)c3)n2)cn1. The van der Waals surface area contributed by atoms with E-state index in [4.69, 9.17) is 17.3 Å². The highest BCUT2D eigenvalue weighted by Gasteiger charge is 2.06. The molecule has 2 aromatic heterocycles. The normalized spacial score (nSPS) is 10.5. The van der Waals surface area contributed by atoms with Crippen LogP contribution in [0.5, 0.6) is 0 Å². The van der Waals surface area contributed by atoms with E-state index in [0.717, 1.165) is 16.9 Å². The molecule has 0 aliphatic heterocycles. The van der Waals surface area contributed by atoms with Crippen molar-refractivity contribution in [2.45, 2.75) is 6.42 Å². The summed E-state index contributed by atoms with van der Waals surface area (Å²) in [5, 5.41) is 19.8. The van der Waals surface area contributed by atoms with Crippen LogP contribution in [-0.4, -0.2) is 30.8 Å². The Balaban J connectivity index is 1.90. The highest BCUT2D eigenvalue weighted by atomic mass is 32.1. The topological polar surface area (TPSA) is 85.0 Å². The molecule has 0 aliphatic carbocycles. The summed E-state index contributed by atoms with van der Waals surface area (Å²) in [5.41, 5.74) is 3.02. The van der Waals surface area contributed by atoms with Gasteiger partial charge in [0.25, 0.3) is 0 Å². The van der Waals surface area contributed by atoms with Gasteiger partial charge >= 0.3 is 6.09 Å². The Labute approximate surface area is 143 Å². The summed E-state index contributed by atoms with van der Waals surface area (Å²) in [6.45, 7) is 0. The zero-order chi connectivity index (χ0) is 17.1. The molecule has 0 fully saturated rings.